The highest BCUT2D eigenvalue weighted by Crippen LogP contribution is 2.28. The number of para-hydroxylation sites is 2. The Morgan fingerprint density at radius 3 is 2.83 bits per heavy atom. The van der Waals surface area contributed by atoms with Gasteiger partial charge in [0.2, 0.25) is 5.91 Å². The Bertz CT molecular complexity index is 823. The van der Waals surface area contributed by atoms with Crippen LogP contribution in [0.4, 0.5) is 5.69 Å². The molecule has 1 aromatic heterocycles. The fraction of sp³-hybridized carbons (Fsp3) is 0.286. The summed E-state index contributed by atoms with van der Waals surface area (Å²) in [6.07, 6.45) is 2.57. The molecule has 23 heavy (non-hydrogen) atoms. The summed E-state index contributed by atoms with van der Waals surface area (Å²) in [6.45, 7) is 2.45. The van der Waals surface area contributed by atoms with E-state index in [2.05, 4.69) is 15.1 Å². The van der Waals surface area contributed by atoms with E-state index in [0.717, 1.165) is 0 Å². The van der Waals surface area contributed by atoms with Gasteiger partial charge in [0.15, 0.2) is 6.23 Å². The third-order valence-corrected chi connectivity index (χ3v) is 4.66. The molecule has 1 fully saturated rings. The van der Waals surface area contributed by atoms with Crippen LogP contribution in [-0.2, 0) is 21.4 Å². The van der Waals surface area contributed by atoms with Gasteiger partial charge in [-0.2, -0.15) is 5.10 Å². The molecule has 3 rings (SSSR count). The van der Waals surface area contributed by atoms with Crippen LogP contribution >= 0.6 is 0 Å². The van der Waals surface area contributed by atoms with Gasteiger partial charge in [0, 0.05) is 12.7 Å². The second kappa shape index (κ2) is 5.92. The van der Waals surface area contributed by atoms with E-state index in [9.17, 15) is 13.2 Å². The van der Waals surface area contributed by atoms with Crippen LogP contribution < -0.4 is 14.8 Å². The number of amides is 1. The first-order chi connectivity index (χ1) is 11.0. The number of carbonyl (C=O) groups excluding carboxylic acids is 1. The molecule has 0 bridgehead atoms. The van der Waals surface area contributed by atoms with Crippen molar-refractivity contribution in [2.24, 2.45) is 0 Å². The number of anilines is 1. The van der Waals surface area contributed by atoms with Crippen molar-refractivity contribution in [1.82, 2.24) is 15.1 Å². The standard InChI is InChI=1S/C14H16N4O4S/c1-2-18-9-10(8-15-18)23(20,21)17-11-5-3-4-6-12(11)22-14-7-13(19)16-14/h3-6,8-9,14,17H,2,7H2,1H3,(H,16,19). The van der Waals surface area contributed by atoms with Crippen molar-refractivity contribution in [3.05, 3.63) is 36.7 Å². The number of aryl methyl sites for hydroxylation is 1. The number of nitrogens with zero attached hydrogens (tertiary/aromatic N) is 2. The molecule has 8 nitrogen and oxygen atoms in total. The van der Waals surface area contributed by atoms with Gasteiger partial charge in [-0.25, -0.2) is 8.42 Å². The predicted octanol–water partition coefficient (Wildman–Crippen LogP) is 0.929. The molecular formula is C14H16N4O4S. The number of sulfonamides is 1. The molecule has 1 aliphatic rings. The fourth-order valence-electron chi connectivity index (χ4n) is 2.06. The monoisotopic (exact) mass is 336 g/mol. The van der Waals surface area contributed by atoms with Crippen LogP contribution in [0, 0.1) is 0 Å². The summed E-state index contributed by atoms with van der Waals surface area (Å²) in [4.78, 5) is 11.0. The number of benzene rings is 1. The van der Waals surface area contributed by atoms with Crippen LogP contribution in [0.15, 0.2) is 41.6 Å². The van der Waals surface area contributed by atoms with Gasteiger partial charge in [-0.3, -0.25) is 14.2 Å². The van der Waals surface area contributed by atoms with Gasteiger partial charge in [-0.05, 0) is 19.1 Å². The van der Waals surface area contributed by atoms with E-state index >= 15 is 0 Å². The van der Waals surface area contributed by atoms with Crippen molar-refractivity contribution in [3.8, 4) is 5.75 Å². The summed E-state index contributed by atoms with van der Waals surface area (Å²) < 4.78 is 34.4. The summed E-state index contributed by atoms with van der Waals surface area (Å²) in [7, 11) is -3.76. The van der Waals surface area contributed by atoms with Crippen LogP contribution in [0.3, 0.4) is 0 Å². The molecule has 0 saturated carbocycles. The smallest absolute Gasteiger partial charge is 0.265 e. The molecule has 122 valence electrons. The Morgan fingerprint density at radius 2 is 2.17 bits per heavy atom. The molecule has 1 aliphatic heterocycles. The average molecular weight is 336 g/mol. The van der Waals surface area contributed by atoms with Gasteiger partial charge in [-0.1, -0.05) is 12.1 Å². The zero-order chi connectivity index (χ0) is 16.4. The summed E-state index contributed by atoms with van der Waals surface area (Å²) >= 11 is 0. The second-order valence-electron chi connectivity index (χ2n) is 5.01. The summed E-state index contributed by atoms with van der Waals surface area (Å²) in [5.74, 6) is 0.254. The molecule has 1 aromatic carbocycles. The van der Waals surface area contributed by atoms with Crippen LogP contribution in [0.2, 0.25) is 0 Å². The number of β-lactam (4-membered cyclic amide) rings is 1. The molecule has 1 unspecified atom stereocenters. The Hall–Kier alpha value is -2.55. The molecule has 0 spiro atoms. The Labute approximate surface area is 133 Å². The minimum atomic E-state index is -3.76. The summed E-state index contributed by atoms with van der Waals surface area (Å²) in [6, 6.07) is 6.65. The minimum Gasteiger partial charge on any atom is -0.468 e. The van der Waals surface area contributed by atoms with Gasteiger partial charge in [0.05, 0.1) is 18.3 Å². The van der Waals surface area contributed by atoms with Crippen LogP contribution in [0.5, 0.6) is 5.75 Å². The fourth-order valence-corrected chi connectivity index (χ4v) is 3.09. The lowest BCUT2D eigenvalue weighted by molar-refractivity contribution is -0.134. The molecule has 1 amide bonds. The van der Waals surface area contributed by atoms with E-state index in [4.69, 9.17) is 4.74 Å². The van der Waals surface area contributed by atoms with Crippen LogP contribution in [-0.4, -0.2) is 30.3 Å². The topological polar surface area (TPSA) is 102 Å². The molecule has 0 radical (unpaired) electrons. The van der Waals surface area contributed by atoms with Crippen LogP contribution in [0.25, 0.3) is 0 Å². The number of nitrogens with one attached hydrogen (secondary N) is 2. The van der Waals surface area contributed by atoms with E-state index in [1.54, 1.807) is 24.3 Å². The second-order valence-corrected chi connectivity index (χ2v) is 6.69. The molecule has 2 heterocycles. The van der Waals surface area contributed by atoms with Gasteiger partial charge in [-0.15, -0.1) is 0 Å². The zero-order valence-electron chi connectivity index (χ0n) is 12.4. The van der Waals surface area contributed by atoms with Gasteiger partial charge in [0.1, 0.15) is 10.6 Å². The van der Waals surface area contributed by atoms with E-state index in [-0.39, 0.29) is 17.2 Å². The summed E-state index contributed by atoms with van der Waals surface area (Å²) in [5, 5.41) is 6.54. The number of aromatic nitrogens is 2. The number of carbonyl (C=O) groups is 1. The van der Waals surface area contributed by atoms with E-state index in [1.807, 2.05) is 6.92 Å². The maximum absolute atomic E-state index is 12.4. The maximum atomic E-state index is 12.4. The van der Waals surface area contributed by atoms with E-state index < -0.39 is 16.3 Å². The third-order valence-electron chi connectivity index (χ3n) is 3.34. The molecule has 1 atom stereocenters. The molecule has 1 saturated heterocycles. The molecule has 2 aromatic rings. The highest BCUT2D eigenvalue weighted by atomic mass is 32.2. The number of rotatable bonds is 6. The SMILES string of the molecule is CCn1cc(S(=O)(=O)Nc2ccccc2OC2CC(=O)N2)cn1. The highest BCUT2D eigenvalue weighted by Gasteiger charge is 2.28. The first kappa shape index (κ1) is 15.3. The maximum Gasteiger partial charge on any atom is 0.265 e. The van der Waals surface area contributed by atoms with Crippen molar-refractivity contribution in [2.45, 2.75) is 31.0 Å². The lowest BCUT2D eigenvalue weighted by Crippen LogP contribution is -2.51. The van der Waals surface area contributed by atoms with Crippen molar-refractivity contribution < 1.29 is 17.9 Å². The largest absolute Gasteiger partial charge is 0.468 e. The van der Waals surface area contributed by atoms with Crippen molar-refractivity contribution in [3.63, 3.8) is 0 Å². The zero-order valence-corrected chi connectivity index (χ0v) is 13.2. The first-order valence-electron chi connectivity index (χ1n) is 7.08. The van der Waals surface area contributed by atoms with Gasteiger partial charge < -0.3 is 10.1 Å². The predicted molar refractivity (Wildman–Crippen MR) is 82.3 cm³/mol. The number of hydrogen-bond donors (Lipinski definition) is 2. The third kappa shape index (κ3) is 3.29. The minimum absolute atomic E-state index is 0.0751. The Kier molecular flexibility index (Phi) is 3.95. The van der Waals surface area contributed by atoms with E-state index in [1.165, 1.54) is 17.1 Å². The van der Waals surface area contributed by atoms with Gasteiger partial charge >= 0.3 is 0 Å². The Morgan fingerprint density at radius 1 is 1.43 bits per heavy atom. The van der Waals surface area contributed by atoms with E-state index in [0.29, 0.717) is 18.0 Å². The molecule has 2 N–H and O–H groups in total. The normalized spacial score (nSPS) is 17.3. The summed E-state index contributed by atoms with van der Waals surface area (Å²) in [5.41, 5.74) is 0.304. The lowest BCUT2D eigenvalue weighted by atomic mass is 10.2. The Balaban J connectivity index is 1.80. The molecule has 9 heteroatoms. The number of ether oxygens (including phenoxy) is 1. The van der Waals surface area contributed by atoms with Crippen LogP contribution in [0.1, 0.15) is 13.3 Å². The molecule has 0 aliphatic carbocycles. The van der Waals surface area contributed by atoms with Crippen molar-refractivity contribution >= 4 is 21.6 Å². The molecular weight excluding hydrogens is 320 g/mol. The quantitative estimate of drug-likeness (QED) is 0.764. The van der Waals surface area contributed by atoms with Crippen molar-refractivity contribution in [1.29, 1.82) is 0 Å². The highest BCUT2D eigenvalue weighted by molar-refractivity contribution is 7.92. The average Bonchev–Trinajstić information content (AvgIpc) is 2.97. The lowest BCUT2D eigenvalue weighted by Gasteiger charge is -2.28. The first-order valence-corrected chi connectivity index (χ1v) is 8.56. The van der Waals surface area contributed by atoms with Crippen molar-refractivity contribution in [2.75, 3.05) is 4.72 Å². The number of hydrogen-bond acceptors (Lipinski definition) is 5. The van der Waals surface area contributed by atoms with Gasteiger partial charge in [0.25, 0.3) is 10.0 Å².